The molecule has 0 radical (unpaired) electrons. The van der Waals surface area contributed by atoms with E-state index in [2.05, 4.69) is 5.32 Å². The number of benzene rings is 2. The minimum atomic E-state index is -0.238. The van der Waals surface area contributed by atoms with Crippen molar-refractivity contribution in [2.75, 3.05) is 20.3 Å². The van der Waals surface area contributed by atoms with Gasteiger partial charge in [0.15, 0.2) is 0 Å². The van der Waals surface area contributed by atoms with Crippen molar-refractivity contribution in [3.8, 4) is 5.75 Å². The lowest BCUT2D eigenvalue weighted by atomic mass is 10.2. The predicted molar refractivity (Wildman–Crippen MR) is 80.8 cm³/mol. The standard InChI is InChI=1S/C17H20FNO2/c1-19-12-14-6-3-5-9-17(14)21-11-10-20-13-15-7-2-4-8-16(15)18/h2-9,19H,10-13H2,1H3. The van der Waals surface area contributed by atoms with Gasteiger partial charge < -0.3 is 14.8 Å². The molecule has 0 aromatic heterocycles. The van der Waals surface area contributed by atoms with Gasteiger partial charge in [0, 0.05) is 17.7 Å². The molecule has 0 saturated heterocycles. The fourth-order valence-corrected chi connectivity index (χ4v) is 1.99. The van der Waals surface area contributed by atoms with Gasteiger partial charge in [-0.2, -0.15) is 0 Å². The zero-order valence-electron chi connectivity index (χ0n) is 12.1. The second kappa shape index (κ2) is 8.39. The number of para-hydroxylation sites is 1. The smallest absolute Gasteiger partial charge is 0.128 e. The Morgan fingerprint density at radius 1 is 0.952 bits per heavy atom. The molecule has 112 valence electrons. The van der Waals surface area contributed by atoms with Crippen LogP contribution in [0.2, 0.25) is 0 Å². The monoisotopic (exact) mass is 289 g/mol. The highest BCUT2D eigenvalue weighted by Crippen LogP contribution is 2.17. The van der Waals surface area contributed by atoms with E-state index < -0.39 is 0 Å². The van der Waals surface area contributed by atoms with Gasteiger partial charge in [-0.05, 0) is 19.2 Å². The highest BCUT2D eigenvalue weighted by Gasteiger charge is 2.03. The number of halogens is 1. The van der Waals surface area contributed by atoms with Crippen LogP contribution in [0.25, 0.3) is 0 Å². The molecule has 2 aromatic rings. The van der Waals surface area contributed by atoms with E-state index >= 15 is 0 Å². The topological polar surface area (TPSA) is 30.5 Å². The zero-order chi connectivity index (χ0) is 14.9. The van der Waals surface area contributed by atoms with Crippen LogP contribution in [-0.2, 0) is 17.9 Å². The summed E-state index contributed by atoms with van der Waals surface area (Å²) in [7, 11) is 1.90. The molecule has 2 aromatic carbocycles. The summed E-state index contributed by atoms with van der Waals surface area (Å²) in [5.74, 6) is 0.610. The molecule has 0 heterocycles. The summed E-state index contributed by atoms with van der Waals surface area (Å²) >= 11 is 0. The number of ether oxygens (including phenoxy) is 2. The Morgan fingerprint density at radius 3 is 2.43 bits per heavy atom. The van der Waals surface area contributed by atoms with Gasteiger partial charge in [-0.25, -0.2) is 4.39 Å². The Hall–Kier alpha value is -1.91. The average molecular weight is 289 g/mol. The lowest BCUT2D eigenvalue weighted by Gasteiger charge is -2.11. The van der Waals surface area contributed by atoms with E-state index in [4.69, 9.17) is 9.47 Å². The maximum atomic E-state index is 13.4. The van der Waals surface area contributed by atoms with Crippen LogP contribution in [0.3, 0.4) is 0 Å². The highest BCUT2D eigenvalue weighted by atomic mass is 19.1. The Kier molecular flexibility index (Phi) is 6.19. The van der Waals surface area contributed by atoms with Crippen molar-refractivity contribution in [1.82, 2.24) is 5.32 Å². The summed E-state index contributed by atoms with van der Waals surface area (Å²) in [6.07, 6.45) is 0. The molecule has 0 aliphatic rings. The minimum Gasteiger partial charge on any atom is -0.491 e. The van der Waals surface area contributed by atoms with E-state index in [1.54, 1.807) is 18.2 Å². The highest BCUT2D eigenvalue weighted by molar-refractivity contribution is 5.33. The third-order valence-corrected chi connectivity index (χ3v) is 3.04. The first kappa shape index (κ1) is 15.5. The van der Waals surface area contributed by atoms with Crippen LogP contribution in [0.1, 0.15) is 11.1 Å². The molecule has 1 N–H and O–H groups in total. The number of hydrogen-bond donors (Lipinski definition) is 1. The average Bonchev–Trinajstić information content (AvgIpc) is 2.50. The van der Waals surface area contributed by atoms with Gasteiger partial charge >= 0.3 is 0 Å². The maximum Gasteiger partial charge on any atom is 0.128 e. The summed E-state index contributed by atoms with van der Waals surface area (Å²) in [5.41, 5.74) is 1.67. The van der Waals surface area contributed by atoms with Crippen LogP contribution in [-0.4, -0.2) is 20.3 Å². The second-order valence-electron chi connectivity index (χ2n) is 4.63. The van der Waals surface area contributed by atoms with Crippen LogP contribution < -0.4 is 10.1 Å². The Balaban J connectivity index is 1.74. The fraction of sp³-hybridized carbons (Fsp3) is 0.294. The first-order chi connectivity index (χ1) is 10.3. The third kappa shape index (κ3) is 4.85. The van der Waals surface area contributed by atoms with Gasteiger partial charge in [-0.1, -0.05) is 36.4 Å². The molecule has 21 heavy (non-hydrogen) atoms. The Bertz CT molecular complexity index is 560. The van der Waals surface area contributed by atoms with Crippen molar-refractivity contribution in [1.29, 1.82) is 0 Å². The molecule has 0 amide bonds. The largest absolute Gasteiger partial charge is 0.491 e. The molecule has 0 aliphatic heterocycles. The van der Waals surface area contributed by atoms with Crippen molar-refractivity contribution in [3.63, 3.8) is 0 Å². The van der Waals surface area contributed by atoms with Gasteiger partial charge in [0.25, 0.3) is 0 Å². The van der Waals surface area contributed by atoms with Gasteiger partial charge in [-0.3, -0.25) is 0 Å². The van der Waals surface area contributed by atoms with Gasteiger partial charge in [-0.15, -0.1) is 0 Å². The Labute approximate surface area is 124 Å². The van der Waals surface area contributed by atoms with E-state index in [0.29, 0.717) is 18.8 Å². The lowest BCUT2D eigenvalue weighted by molar-refractivity contribution is 0.0868. The molecule has 0 saturated carbocycles. The van der Waals surface area contributed by atoms with Crippen LogP contribution in [0.5, 0.6) is 5.75 Å². The summed E-state index contributed by atoms with van der Waals surface area (Å²) in [5, 5.41) is 3.10. The van der Waals surface area contributed by atoms with Crippen LogP contribution in [0.4, 0.5) is 4.39 Å². The van der Waals surface area contributed by atoms with Crippen LogP contribution in [0, 0.1) is 5.82 Å². The van der Waals surface area contributed by atoms with E-state index in [9.17, 15) is 4.39 Å². The van der Waals surface area contributed by atoms with Gasteiger partial charge in [0.1, 0.15) is 18.2 Å². The van der Waals surface area contributed by atoms with Crippen LogP contribution in [0.15, 0.2) is 48.5 Å². The first-order valence-corrected chi connectivity index (χ1v) is 6.97. The van der Waals surface area contributed by atoms with Crippen molar-refractivity contribution in [2.45, 2.75) is 13.2 Å². The van der Waals surface area contributed by atoms with Crippen molar-refractivity contribution >= 4 is 0 Å². The van der Waals surface area contributed by atoms with E-state index in [-0.39, 0.29) is 12.4 Å². The molecule has 4 heteroatoms. The second-order valence-corrected chi connectivity index (χ2v) is 4.63. The van der Waals surface area contributed by atoms with E-state index in [1.807, 2.05) is 31.3 Å². The summed E-state index contributed by atoms with van der Waals surface area (Å²) in [6.45, 7) is 1.87. The molecule has 0 aliphatic carbocycles. The summed E-state index contributed by atoms with van der Waals surface area (Å²) < 4.78 is 24.5. The molecule has 0 atom stereocenters. The van der Waals surface area contributed by atoms with Crippen LogP contribution >= 0.6 is 0 Å². The molecule has 0 fully saturated rings. The maximum absolute atomic E-state index is 13.4. The summed E-state index contributed by atoms with van der Waals surface area (Å²) in [4.78, 5) is 0. The molecule has 0 bridgehead atoms. The van der Waals surface area contributed by atoms with Gasteiger partial charge in [0.05, 0.1) is 13.2 Å². The molecule has 3 nitrogen and oxygen atoms in total. The third-order valence-electron chi connectivity index (χ3n) is 3.04. The van der Waals surface area contributed by atoms with Crippen molar-refractivity contribution < 1.29 is 13.9 Å². The SMILES string of the molecule is CNCc1ccccc1OCCOCc1ccccc1F. The summed E-state index contributed by atoms with van der Waals surface area (Å²) in [6, 6.07) is 14.5. The molecular formula is C17H20FNO2. The van der Waals surface area contributed by atoms with Crippen molar-refractivity contribution in [3.05, 3.63) is 65.5 Å². The number of hydrogen-bond acceptors (Lipinski definition) is 3. The quantitative estimate of drug-likeness (QED) is 0.757. The normalized spacial score (nSPS) is 10.6. The lowest BCUT2D eigenvalue weighted by Crippen LogP contribution is -2.11. The fourth-order valence-electron chi connectivity index (χ4n) is 1.99. The van der Waals surface area contributed by atoms with Crippen molar-refractivity contribution in [2.24, 2.45) is 0 Å². The first-order valence-electron chi connectivity index (χ1n) is 6.97. The zero-order valence-corrected chi connectivity index (χ0v) is 12.1. The number of rotatable bonds is 8. The number of nitrogens with one attached hydrogen (secondary N) is 1. The van der Waals surface area contributed by atoms with Gasteiger partial charge in [0.2, 0.25) is 0 Å². The molecule has 2 rings (SSSR count). The Morgan fingerprint density at radius 2 is 1.67 bits per heavy atom. The predicted octanol–water partition coefficient (Wildman–Crippen LogP) is 3.14. The molecular weight excluding hydrogens is 269 g/mol. The molecule has 0 spiro atoms. The molecule has 0 unspecified atom stereocenters. The van der Waals surface area contributed by atoms with E-state index in [0.717, 1.165) is 17.9 Å². The minimum absolute atomic E-state index is 0.238. The van der Waals surface area contributed by atoms with E-state index in [1.165, 1.54) is 6.07 Å².